The quantitative estimate of drug-likeness (QED) is 0.596. The van der Waals surface area contributed by atoms with Crippen molar-refractivity contribution in [1.29, 1.82) is 0 Å². The van der Waals surface area contributed by atoms with Crippen molar-refractivity contribution in [3.63, 3.8) is 0 Å². The van der Waals surface area contributed by atoms with Crippen LogP contribution in [0.3, 0.4) is 0 Å². The number of halogens is 1. The standard InChI is InChI=1S/C23H20BrNO3/c24-16-6-5-7-17(14-16)25(12-13-26)23(27)28-15-22-20-10-3-1-8-18(20)19-9-2-4-11-21(19)22/h1-11,14,22,26H,12-13,15H2. The summed E-state index contributed by atoms with van der Waals surface area (Å²) in [4.78, 5) is 14.3. The van der Waals surface area contributed by atoms with Gasteiger partial charge in [0.1, 0.15) is 6.61 Å². The zero-order valence-corrected chi connectivity index (χ0v) is 16.8. The number of rotatable bonds is 5. The summed E-state index contributed by atoms with van der Waals surface area (Å²) in [7, 11) is 0. The van der Waals surface area contributed by atoms with Crippen molar-refractivity contribution < 1.29 is 14.6 Å². The number of carbonyl (C=O) groups excluding carboxylic acids is 1. The van der Waals surface area contributed by atoms with Gasteiger partial charge in [-0.3, -0.25) is 4.90 Å². The second-order valence-corrected chi connectivity index (χ2v) is 7.57. The lowest BCUT2D eigenvalue weighted by atomic mass is 9.98. The Kier molecular flexibility index (Phi) is 5.46. The van der Waals surface area contributed by atoms with Crippen LogP contribution in [0, 0.1) is 0 Å². The van der Waals surface area contributed by atoms with Gasteiger partial charge in [0.15, 0.2) is 0 Å². The summed E-state index contributed by atoms with van der Waals surface area (Å²) in [5, 5.41) is 9.40. The third-order valence-electron chi connectivity index (χ3n) is 5.00. The van der Waals surface area contributed by atoms with Gasteiger partial charge in [-0.2, -0.15) is 0 Å². The van der Waals surface area contributed by atoms with E-state index in [0.717, 1.165) is 4.47 Å². The third kappa shape index (κ3) is 3.55. The van der Waals surface area contributed by atoms with Crippen LogP contribution in [0.15, 0.2) is 77.3 Å². The fourth-order valence-corrected chi connectivity index (χ4v) is 4.13. The normalized spacial score (nSPS) is 12.4. The Bertz CT molecular complexity index is 959. The van der Waals surface area contributed by atoms with Gasteiger partial charge in [-0.25, -0.2) is 4.79 Å². The van der Waals surface area contributed by atoms with Crippen molar-refractivity contribution in [3.8, 4) is 11.1 Å². The summed E-state index contributed by atoms with van der Waals surface area (Å²) in [5.41, 5.74) is 5.41. The highest BCUT2D eigenvalue weighted by molar-refractivity contribution is 9.10. The number of aliphatic hydroxyl groups excluding tert-OH is 1. The van der Waals surface area contributed by atoms with Crippen molar-refractivity contribution in [1.82, 2.24) is 0 Å². The smallest absolute Gasteiger partial charge is 0.414 e. The van der Waals surface area contributed by atoms with E-state index in [-0.39, 0.29) is 25.7 Å². The number of anilines is 1. The molecular formula is C23H20BrNO3. The summed E-state index contributed by atoms with van der Waals surface area (Å²) in [6, 6.07) is 23.9. The maximum absolute atomic E-state index is 12.8. The Labute approximate surface area is 172 Å². The number of hydrogen-bond donors (Lipinski definition) is 1. The van der Waals surface area contributed by atoms with E-state index in [1.165, 1.54) is 27.2 Å². The van der Waals surface area contributed by atoms with E-state index >= 15 is 0 Å². The lowest BCUT2D eigenvalue weighted by Gasteiger charge is -2.23. The van der Waals surface area contributed by atoms with Gasteiger partial charge < -0.3 is 9.84 Å². The zero-order chi connectivity index (χ0) is 19.5. The van der Waals surface area contributed by atoms with Crippen LogP contribution in [0.2, 0.25) is 0 Å². The van der Waals surface area contributed by atoms with Gasteiger partial charge in [0.2, 0.25) is 0 Å². The molecule has 0 atom stereocenters. The van der Waals surface area contributed by atoms with Gasteiger partial charge in [0, 0.05) is 16.1 Å². The second-order valence-electron chi connectivity index (χ2n) is 6.66. The van der Waals surface area contributed by atoms with E-state index in [1.807, 2.05) is 48.5 Å². The third-order valence-corrected chi connectivity index (χ3v) is 5.49. The van der Waals surface area contributed by atoms with Crippen molar-refractivity contribution in [2.24, 2.45) is 0 Å². The molecule has 0 radical (unpaired) electrons. The molecule has 28 heavy (non-hydrogen) atoms. The fourth-order valence-electron chi connectivity index (χ4n) is 3.74. The molecule has 0 saturated carbocycles. The molecule has 0 fully saturated rings. The lowest BCUT2D eigenvalue weighted by molar-refractivity contribution is 0.148. The molecule has 4 rings (SSSR count). The summed E-state index contributed by atoms with van der Waals surface area (Å²) in [6.07, 6.45) is -0.464. The van der Waals surface area contributed by atoms with Gasteiger partial charge in [0.25, 0.3) is 0 Å². The molecule has 1 aliphatic carbocycles. The molecule has 0 saturated heterocycles. The summed E-state index contributed by atoms with van der Waals surface area (Å²) < 4.78 is 6.57. The number of ether oxygens (including phenoxy) is 1. The summed E-state index contributed by atoms with van der Waals surface area (Å²) in [6.45, 7) is 0.284. The number of nitrogens with zero attached hydrogens (tertiary/aromatic N) is 1. The Hall–Kier alpha value is -2.63. The van der Waals surface area contributed by atoms with E-state index in [9.17, 15) is 9.90 Å². The number of fused-ring (bicyclic) bond motifs is 3. The molecule has 1 aliphatic rings. The topological polar surface area (TPSA) is 49.8 Å². The molecule has 142 valence electrons. The molecule has 0 aromatic heterocycles. The number of benzene rings is 3. The first-order valence-electron chi connectivity index (χ1n) is 9.18. The Morgan fingerprint density at radius 1 is 0.964 bits per heavy atom. The first-order valence-corrected chi connectivity index (χ1v) is 9.97. The maximum Gasteiger partial charge on any atom is 0.414 e. The van der Waals surface area contributed by atoms with Gasteiger partial charge in [0.05, 0.1) is 13.2 Å². The van der Waals surface area contributed by atoms with Crippen molar-refractivity contribution >= 4 is 27.7 Å². The monoisotopic (exact) mass is 437 g/mol. The first kappa shape index (κ1) is 18.7. The molecular weight excluding hydrogens is 418 g/mol. The molecule has 0 bridgehead atoms. The highest BCUT2D eigenvalue weighted by Crippen LogP contribution is 2.44. The average Bonchev–Trinajstić information content (AvgIpc) is 3.04. The molecule has 3 aromatic carbocycles. The van der Waals surface area contributed by atoms with Crippen molar-refractivity contribution in [2.75, 3.05) is 24.7 Å². The van der Waals surface area contributed by atoms with Crippen LogP contribution in [0.4, 0.5) is 10.5 Å². The van der Waals surface area contributed by atoms with Crippen LogP contribution in [0.5, 0.6) is 0 Å². The molecule has 1 N–H and O–H groups in total. The Morgan fingerprint density at radius 3 is 2.21 bits per heavy atom. The minimum Gasteiger partial charge on any atom is -0.448 e. The fraction of sp³-hybridized carbons (Fsp3) is 0.174. The van der Waals surface area contributed by atoms with Crippen LogP contribution >= 0.6 is 15.9 Å². The second kappa shape index (κ2) is 8.17. The van der Waals surface area contributed by atoms with E-state index in [0.29, 0.717) is 5.69 Å². The molecule has 5 heteroatoms. The number of carbonyl (C=O) groups is 1. The van der Waals surface area contributed by atoms with E-state index < -0.39 is 6.09 Å². The van der Waals surface area contributed by atoms with Crippen molar-refractivity contribution in [3.05, 3.63) is 88.4 Å². The molecule has 4 nitrogen and oxygen atoms in total. The van der Waals surface area contributed by atoms with E-state index in [4.69, 9.17) is 4.74 Å². The highest BCUT2D eigenvalue weighted by atomic mass is 79.9. The van der Waals surface area contributed by atoms with Gasteiger partial charge in [-0.15, -0.1) is 0 Å². The van der Waals surface area contributed by atoms with Crippen LogP contribution in [0.1, 0.15) is 17.0 Å². The van der Waals surface area contributed by atoms with Gasteiger partial charge in [-0.05, 0) is 40.5 Å². The summed E-state index contributed by atoms with van der Waals surface area (Å²) >= 11 is 3.42. The predicted octanol–water partition coefficient (Wildman–Crippen LogP) is 5.20. The minimum absolute atomic E-state index is 0.00911. The molecule has 0 unspecified atom stereocenters. The molecule has 0 heterocycles. The zero-order valence-electron chi connectivity index (χ0n) is 15.2. The van der Waals surface area contributed by atoms with Crippen LogP contribution in [-0.2, 0) is 4.74 Å². The lowest BCUT2D eigenvalue weighted by Crippen LogP contribution is -2.34. The van der Waals surface area contributed by atoms with Gasteiger partial charge >= 0.3 is 6.09 Å². The highest BCUT2D eigenvalue weighted by Gasteiger charge is 2.29. The molecule has 0 spiro atoms. The Morgan fingerprint density at radius 2 is 1.61 bits per heavy atom. The number of aliphatic hydroxyl groups is 1. The largest absolute Gasteiger partial charge is 0.448 e. The number of hydrogen-bond acceptors (Lipinski definition) is 3. The summed E-state index contributed by atoms with van der Waals surface area (Å²) in [5.74, 6) is 0.00911. The molecule has 0 aliphatic heterocycles. The molecule has 1 amide bonds. The predicted molar refractivity (Wildman–Crippen MR) is 114 cm³/mol. The van der Waals surface area contributed by atoms with Gasteiger partial charge in [-0.1, -0.05) is 70.5 Å². The van der Waals surface area contributed by atoms with Crippen LogP contribution in [0.25, 0.3) is 11.1 Å². The Balaban J connectivity index is 1.56. The van der Waals surface area contributed by atoms with Crippen LogP contribution < -0.4 is 4.90 Å². The van der Waals surface area contributed by atoms with E-state index in [2.05, 4.69) is 40.2 Å². The van der Waals surface area contributed by atoms with E-state index in [1.54, 1.807) is 0 Å². The van der Waals surface area contributed by atoms with Crippen LogP contribution in [-0.4, -0.2) is 31.0 Å². The number of amides is 1. The molecule has 3 aromatic rings. The SMILES string of the molecule is O=C(OCC1c2ccccc2-c2ccccc21)N(CCO)c1cccc(Br)c1. The minimum atomic E-state index is -0.464. The van der Waals surface area contributed by atoms with Crippen molar-refractivity contribution in [2.45, 2.75) is 5.92 Å². The average molecular weight is 438 g/mol. The maximum atomic E-state index is 12.8. The first-order chi connectivity index (χ1) is 13.7.